The molecule has 0 bridgehead atoms. The van der Waals surface area contributed by atoms with Crippen molar-refractivity contribution in [3.05, 3.63) is 52.8 Å². The van der Waals surface area contributed by atoms with Crippen LogP contribution in [0.1, 0.15) is 72.6 Å². The van der Waals surface area contributed by atoms with Crippen molar-refractivity contribution in [2.45, 2.75) is 65.2 Å². The monoisotopic (exact) mass is 337 g/mol. The van der Waals surface area contributed by atoms with Gasteiger partial charge in [-0.2, -0.15) is 0 Å². The van der Waals surface area contributed by atoms with Crippen LogP contribution >= 0.6 is 0 Å². The molecule has 0 spiro atoms. The van der Waals surface area contributed by atoms with E-state index in [0.29, 0.717) is 6.04 Å². The van der Waals surface area contributed by atoms with Gasteiger partial charge in [0, 0.05) is 34.7 Å². The van der Waals surface area contributed by atoms with Gasteiger partial charge in [-0.25, -0.2) is 0 Å². The fraction of sp³-hybridized carbons (Fsp3) is 0.476. The Kier molecular flexibility index (Phi) is 3.86. The molecule has 2 aliphatic rings. The number of fused-ring (bicyclic) bond motifs is 1. The highest BCUT2D eigenvalue weighted by molar-refractivity contribution is 6.01. The maximum Gasteiger partial charge on any atom is 0.258 e. The number of carbonyl (C=O) groups is 1. The largest absolute Gasteiger partial charge is 0.361 e. The average molecular weight is 337 g/mol. The molecule has 1 N–H and O–H groups in total. The standard InChI is InChI=1S/C21H27N3O/c1-5-13(2)24-20(22-19-9-7-6-8-17(19)21(24)25)18-12-14(3)23(15(18)4)16-10-11-16/h6-9,12-13,16,20,22H,5,10-11H2,1-4H3/t13-,20-/m0/s1. The second-order valence-corrected chi connectivity index (χ2v) is 7.49. The average Bonchev–Trinajstić information content (AvgIpc) is 3.39. The summed E-state index contributed by atoms with van der Waals surface area (Å²) >= 11 is 0. The number of rotatable bonds is 4. The number of hydrogen-bond acceptors (Lipinski definition) is 2. The minimum atomic E-state index is -0.101. The molecule has 0 unspecified atom stereocenters. The van der Waals surface area contributed by atoms with Crippen LogP contribution in [-0.4, -0.2) is 21.4 Å². The number of nitrogens with zero attached hydrogens (tertiary/aromatic N) is 2. The van der Waals surface area contributed by atoms with E-state index >= 15 is 0 Å². The number of aromatic nitrogens is 1. The third kappa shape index (κ3) is 2.55. The van der Waals surface area contributed by atoms with Crippen LogP contribution in [0.25, 0.3) is 0 Å². The van der Waals surface area contributed by atoms with E-state index in [1.807, 2.05) is 29.2 Å². The predicted octanol–water partition coefficient (Wildman–Crippen LogP) is 4.80. The van der Waals surface area contributed by atoms with E-state index in [-0.39, 0.29) is 18.1 Å². The summed E-state index contributed by atoms with van der Waals surface area (Å²) in [4.78, 5) is 15.3. The zero-order chi connectivity index (χ0) is 17.7. The lowest BCUT2D eigenvalue weighted by Crippen LogP contribution is -2.47. The molecule has 1 aliphatic heterocycles. The van der Waals surface area contributed by atoms with Crippen molar-refractivity contribution in [3.8, 4) is 0 Å². The van der Waals surface area contributed by atoms with E-state index in [9.17, 15) is 4.79 Å². The molecule has 0 radical (unpaired) electrons. The highest BCUT2D eigenvalue weighted by Crippen LogP contribution is 2.42. The van der Waals surface area contributed by atoms with Crippen molar-refractivity contribution in [1.82, 2.24) is 9.47 Å². The zero-order valence-electron chi connectivity index (χ0n) is 15.5. The number of hydrogen-bond donors (Lipinski definition) is 1. The fourth-order valence-corrected chi connectivity index (χ4v) is 4.12. The van der Waals surface area contributed by atoms with Crippen LogP contribution < -0.4 is 5.32 Å². The molecule has 4 nitrogen and oxygen atoms in total. The molecular formula is C21H27N3O. The van der Waals surface area contributed by atoms with E-state index < -0.39 is 0 Å². The minimum Gasteiger partial charge on any atom is -0.361 e. The van der Waals surface area contributed by atoms with Gasteiger partial charge in [-0.3, -0.25) is 4.79 Å². The Morgan fingerprint density at radius 1 is 1.24 bits per heavy atom. The van der Waals surface area contributed by atoms with Gasteiger partial charge in [0.1, 0.15) is 6.17 Å². The Balaban J connectivity index is 1.82. The molecule has 1 saturated carbocycles. The maximum atomic E-state index is 13.2. The first-order valence-corrected chi connectivity index (χ1v) is 9.39. The number of anilines is 1. The van der Waals surface area contributed by atoms with Gasteiger partial charge < -0.3 is 14.8 Å². The first-order chi connectivity index (χ1) is 12.0. The lowest BCUT2D eigenvalue weighted by molar-refractivity contribution is 0.0593. The predicted molar refractivity (Wildman–Crippen MR) is 101 cm³/mol. The van der Waals surface area contributed by atoms with Gasteiger partial charge in [0.25, 0.3) is 5.91 Å². The first kappa shape index (κ1) is 16.2. The van der Waals surface area contributed by atoms with Crippen molar-refractivity contribution in [1.29, 1.82) is 0 Å². The number of nitrogens with one attached hydrogen (secondary N) is 1. The van der Waals surface area contributed by atoms with Crippen molar-refractivity contribution in [2.75, 3.05) is 5.32 Å². The number of amides is 1. The number of aryl methyl sites for hydroxylation is 1. The van der Waals surface area contributed by atoms with Crippen molar-refractivity contribution < 1.29 is 4.79 Å². The molecular weight excluding hydrogens is 310 g/mol. The van der Waals surface area contributed by atoms with Crippen LogP contribution in [0.5, 0.6) is 0 Å². The van der Waals surface area contributed by atoms with Crippen LogP contribution in [-0.2, 0) is 0 Å². The summed E-state index contributed by atoms with van der Waals surface area (Å²) < 4.78 is 2.46. The summed E-state index contributed by atoms with van der Waals surface area (Å²) in [7, 11) is 0. The van der Waals surface area contributed by atoms with Gasteiger partial charge in [-0.1, -0.05) is 19.1 Å². The van der Waals surface area contributed by atoms with Crippen LogP contribution in [0.15, 0.2) is 30.3 Å². The summed E-state index contributed by atoms with van der Waals surface area (Å²) in [6, 6.07) is 11.0. The normalized spacial score (nSPS) is 21.0. The summed E-state index contributed by atoms with van der Waals surface area (Å²) in [6.07, 6.45) is 3.37. The van der Waals surface area contributed by atoms with Gasteiger partial charge in [-0.05, 0) is 58.2 Å². The van der Waals surface area contributed by atoms with E-state index in [2.05, 4.69) is 43.6 Å². The Bertz CT molecular complexity index is 819. The quantitative estimate of drug-likeness (QED) is 0.870. The third-order valence-corrected chi connectivity index (χ3v) is 5.76. The molecule has 25 heavy (non-hydrogen) atoms. The minimum absolute atomic E-state index is 0.101. The zero-order valence-corrected chi connectivity index (χ0v) is 15.5. The van der Waals surface area contributed by atoms with E-state index in [1.165, 1.54) is 29.8 Å². The highest BCUT2D eigenvalue weighted by atomic mass is 16.2. The molecule has 4 rings (SSSR count). The first-order valence-electron chi connectivity index (χ1n) is 9.39. The summed E-state index contributed by atoms with van der Waals surface area (Å²) in [5.74, 6) is 0.130. The number of benzene rings is 1. The topological polar surface area (TPSA) is 37.3 Å². The number of carbonyl (C=O) groups excluding carboxylic acids is 1. The van der Waals surface area contributed by atoms with Crippen molar-refractivity contribution in [2.24, 2.45) is 0 Å². The lowest BCUT2D eigenvalue weighted by atomic mass is 10.0. The molecule has 1 amide bonds. The van der Waals surface area contributed by atoms with Gasteiger partial charge in [-0.15, -0.1) is 0 Å². The lowest BCUT2D eigenvalue weighted by Gasteiger charge is -2.41. The van der Waals surface area contributed by atoms with E-state index in [0.717, 1.165) is 17.7 Å². The van der Waals surface area contributed by atoms with Gasteiger partial charge in [0.2, 0.25) is 0 Å². The van der Waals surface area contributed by atoms with Gasteiger partial charge in [0.05, 0.1) is 5.56 Å². The van der Waals surface area contributed by atoms with Gasteiger partial charge in [0.15, 0.2) is 0 Å². The Morgan fingerprint density at radius 2 is 1.96 bits per heavy atom. The maximum absolute atomic E-state index is 13.2. The molecule has 1 aliphatic carbocycles. The SMILES string of the molecule is CC[C@H](C)N1C(=O)c2ccccc2N[C@@H]1c1cc(C)n(C2CC2)c1C. The van der Waals surface area contributed by atoms with E-state index in [4.69, 9.17) is 0 Å². The van der Waals surface area contributed by atoms with E-state index in [1.54, 1.807) is 0 Å². The Labute approximate surface area is 149 Å². The molecule has 2 atom stereocenters. The highest BCUT2D eigenvalue weighted by Gasteiger charge is 2.38. The number of para-hydroxylation sites is 1. The Morgan fingerprint density at radius 3 is 2.64 bits per heavy atom. The molecule has 1 fully saturated rings. The summed E-state index contributed by atoms with van der Waals surface area (Å²) in [5.41, 5.74) is 5.53. The van der Waals surface area contributed by atoms with Crippen LogP contribution in [0.3, 0.4) is 0 Å². The molecule has 1 aromatic heterocycles. The summed E-state index contributed by atoms with van der Waals surface area (Å²) in [6.45, 7) is 8.66. The smallest absolute Gasteiger partial charge is 0.258 e. The second kappa shape index (κ2) is 5.94. The van der Waals surface area contributed by atoms with Gasteiger partial charge >= 0.3 is 0 Å². The molecule has 2 heterocycles. The third-order valence-electron chi connectivity index (χ3n) is 5.76. The molecule has 1 aromatic carbocycles. The van der Waals surface area contributed by atoms with Crippen LogP contribution in [0, 0.1) is 13.8 Å². The molecule has 0 saturated heterocycles. The Hall–Kier alpha value is -2.23. The fourth-order valence-electron chi connectivity index (χ4n) is 4.12. The molecule has 132 valence electrons. The summed E-state index contributed by atoms with van der Waals surface area (Å²) in [5, 5.41) is 3.64. The van der Waals surface area contributed by atoms with Crippen LogP contribution in [0.4, 0.5) is 5.69 Å². The van der Waals surface area contributed by atoms with Crippen molar-refractivity contribution >= 4 is 11.6 Å². The molecule has 4 heteroatoms. The second-order valence-electron chi connectivity index (χ2n) is 7.49. The molecule has 2 aromatic rings. The van der Waals surface area contributed by atoms with Crippen molar-refractivity contribution in [3.63, 3.8) is 0 Å². The van der Waals surface area contributed by atoms with Crippen LogP contribution in [0.2, 0.25) is 0 Å².